The van der Waals surface area contributed by atoms with Crippen LogP contribution in [0, 0.1) is 11.3 Å². The van der Waals surface area contributed by atoms with Gasteiger partial charge in [-0.3, -0.25) is 10.2 Å². The molecule has 2 aliphatic heterocycles. The van der Waals surface area contributed by atoms with Crippen molar-refractivity contribution in [3.05, 3.63) is 65.2 Å². The number of rotatable bonds is 7. The minimum absolute atomic E-state index is 0.0381. The highest BCUT2D eigenvalue weighted by Crippen LogP contribution is 2.31. The first-order valence-corrected chi connectivity index (χ1v) is 12.4. The van der Waals surface area contributed by atoms with Crippen molar-refractivity contribution in [2.45, 2.75) is 40.0 Å². The van der Waals surface area contributed by atoms with Gasteiger partial charge in [-0.05, 0) is 58.6 Å². The normalized spacial score (nSPS) is 17.0. The maximum absolute atomic E-state index is 12.5. The Morgan fingerprint density at radius 2 is 1.57 bits per heavy atom. The van der Waals surface area contributed by atoms with E-state index in [1.54, 1.807) is 6.08 Å². The van der Waals surface area contributed by atoms with Crippen molar-refractivity contribution in [2.75, 3.05) is 13.2 Å². The van der Waals surface area contributed by atoms with Crippen molar-refractivity contribution in [2.24, 2.45) is 16.0 Å². The van der Waals surface area contributed by atoms with E-state index in [0.717, 1.165) is 16.4 Å². The first kappa shape index (κ1) is 24.7. The van der Waals surface area contributed by atoms with E-state index in [-0.39, 0.29) is 22.7 Å². The highest BCUT2D eigenvalue weighted by molar-refractivity contribution is 8.27. The number of ether oxygens (including phenoxy) is 2. The molecule has 8 heteroatoms. The van der Waals surface area contributed by atoms with Gasteiger partial charge in [0.05, 0.1) is 5.57 Å². The fourth-order valence-electron chi connectivity index (χ4n) is 3.44. The van der Waals surface area contributed by atoms with E-state index < -0.39 is 5.91 Å². The summed E-state index contributed by atoms with van der Waals surface area (Å²) >= 11 is 1.34. The molecule has 0 bridgehead atoms. The van der Waals surface area contributed by atoms with Crippen molar-refractivity contribution >= 4 is 39.8 Å². The fourth-order valence-corrected chi connectivity index (χ4v) is 4.33. The van der Waals surface area contributed by atoms with Crippen LogP contribution >= 0.6 is 11.8 Å². The van der Waals surface area contributed by atoms with Gasteiger partial charge in [-0.1, -0.05) is 58.9 Å². The SMILES string of the molecule is CC(C)C1=NN2C(=N)C(=Cc3ccc(OCCOc4ccc(C(C)(C)C)cc4)cc3)C(=O)N=C2S1. The lowest BCUT2D eigenvalue weighted by Crippen LogP contribution is -2.35. The second-order valence-electron chi connectivity index (χ2n) is 9.65. The molecule has 2 heterocycles. The molecule has 2 aromatic rings. The molecule has 4 rings (SSSR count). The van der Waals surface area contributed by atoms with Gasteiger partial charge in [-0.25, -0.2) is 0 Å². The molecular weight excluding hydrogens is 460 g/mol. The Kier molecular flexibility index (Phi) is 7.12. The second-order valence-corrected chi connectivity index (χ2v) is 10.6. The van der Waals surface area contributed by atoms with Crippen molar-refractivity contribution in [1.29, 1.82) is 5.41 Å². The average molecular weight is 491 g/mol. The summed E-state index contributed by atoms with van der Waals surface area (Å²) in [6.45, 7) is 11.4. The average Bonchev–Trinajstić information content (AvgIpc) is 3.25. The molecule has 2 aromatic carbocycles. The molecule has 1 N–H and O–H groups in total. The number of hydrogen-bond acceptors (Lipinski definition) is 6. The van der Waals surface area contributed by atoms with E-state index in [4.69, 9.17) is 14.9 Å². The fraction of sp³-hybridized carbons (Fsp3) is 0.333. The Labute approximate surface area is 210 Å². The lowest BCUT2D eigenvalue weighted by molar-refractivity contribution is -0.114. The first-order chi connectivity index (χ1) is 16.6. The van der Waals surface area contributed by atoms with Gasteiger partial charge in [-0.2, -0.15) is 15.1 Å². The third-order valence-corrected chi connectivity index (χ3v) is 6.71. The zero-order chi connectivity index (χ0) is 25.2. The van der Waals surface area contributed by atoms with E-state index in [1.807, 2.05) is 50.2 Å². The van der Waals surface area contributed by atoms with E-state index >= 15 is 0 Å². The van der Waals surface area contributed by atoms with Gasteiger partial charge in [0.1, 0.15) is 29.8 Å². The van der Waals surface area contributed by atoms with Gasteiger partial charge >= 0.3 is 0 Å². The summed E-state index contributed by atoms with van der Waals surface area (Å²) in [6, 6.07) is 15.5. The Hall–Kier alpha value is -3.39. The molecule has 0 saturated carbocycles. The smallest absolute Gasteiger partial charge is 0.283 e. The number of amidine groups is 2. The Morgan fingerprint density at radius 1 is 1.00 bits per heavy atom. The molecule has 7 nitrogen and oxygen atoms in total. The van der Waals surface area contributed by atoms with Gasteiger partial charge in [-0.15, -0.1) is 0 Å². The number of hydrazone groups is 1. The molecular formula is C27H30N4O3S. The van der Waals surface area contributed by atoms with Crippen LogP contribution in [0.1, 0.15) is 45.7 Å². The van der Waals surface area contributed by atoms with E-state index in [1.165, 1.54) is 22.3 Å². The molecule has 2 aliphatic rings. The van der Waals surface area contributed by atoms with Crippen LogP contribution < -0.4 is 9.47 Å². The maximum atomic E-state index is 12.5. The minimum Gasteiger partial charge on any atom is -0.490 e. The predicted molar refractivity (Wildman–Crippen MR) is 142 cm³/mol. The van der Waals surface area contributed by atoms with Crippen molar-refractivity contribution in [3.8, 4) is 11.5 Å². The molecule has 1 amide bonds. The number of benzene rings is 2. The molecule has 0 unspecified atom stereocenters. The van der Waals surface area contributed by atoms with Crippen molar-refractivity contribution in [3.63, 3.8) is 0 Å². The van der Waals surface area contributed by atoms with Crippen LogP contribution in [0.2, 0.25) is 0 Å². The molecule has 0 atom stereocenters. The van der Waals surface area contributed by atoms with Gasteiger partial charge in [0.15, 0.2) is 5.84 Å². The summed E-state index contributed by atoms with van der Waals surface area (Å²) in [7, 11) is 0. The molecule has 0 radical (unpaired) electrons. The predicted octanol–water partition coefficient (Wildman–Crippen LogP) is 5.72. The zero-order valence-electron chi connectivity index (χ0n) is 20.7. The number of amides is 1. The summed E-state index contributed by atoms with van der Waals surface area (Å²) in [5, 5.41) is 15.6. The monoisotopic (exact) mass is 490 g/mol. The minimum atomic E-state index is -0.429. The molecule has 0 fully saturated rings. The van der Waals surface area contributed by atoms with Crippen LogP contribution in [-0.2, 0) is 10.2 Å². The van der Waals surface area contributed by atoms with Crippen molar-refractivity contribution in [1.82, 2.24) is 5.01 Å². The standard InChI is InChI=1S/C27H30N4O3S/c1-17(2)25-30-31-23(28)22(24(32)29-26(31)35-25)16-18-6-10-20(11-7-18)33-14-15-34-21-12-8-19(9-13-21)27(3,4)5/h6-13,16-17,28H,14-15H2,1-5H3. The molecule has 0 saturated heterocycles. The summed E-state index contributed by atoms with van der Waals surface area (Å²) in [6.07, 6.45) is 1.66. The van der Waals surface area contributed by atoms with Crippen LogP contribution in [-0.4, -0.2) is 40.2 Å². The van der Waals surface area contributed by atoms with Crippen molar-refractivity contribution < 1.29 is 14.3 Å². The van der Waals surface area contributed by atoms with Crippen LogP contribution in [0.25, 0.3) is 6.08 Å². The molecule has 0 aliphatic carbocycles. The van der Waals surface area contributed by atoms with Gasteiger partial charge in [0.2, 0.25) is 5.17 Å². The highest BCUT2D eigenvalue weighted by Gasteiger charge is 2.36. The number of carbonyl (C=O) groups excluding carboxylic acids is 1. The van der Waals surface area contributed by atoms with Crippen LogP contribution in [0.4, 0.5) is 0 Å². The number of thioether (sulfide) groups is 1. The Balaban J connectivity index is 1.32. The molecule has 0 spiro atoms. The van der Waals surface area contributed by atoms with Crippen LogP contribution in [0.3, 0.4) is 0 Å². The van der Waals surface area contributed by atoms with Gasteiger partial charge in [0, 0.05) is 5.92 Å². The highest BCUT2D eigenvalue weighted by atomic mass is 32.2. The number of hydrogen-bond donors (Lipinski definition) is 1. The summed E-state index contributed by atoms with van der Waals surface area (Å²) < 4.78 is 11.6. The topological polar surface area (TPSA) is 87.3 Å². The van der Waals surface area contributed by atoms with Crippen LogP contribution in [0.5, 0.6) is 11.5 Å². The van der Waals surface area contributed by atoms with Gasteiger partial charge in [0.25, 0.3) is 5.91 Å². The molecule has 182 valence electrons. The third-order valence-electron chi connectivity index (χ3n) is 5.50. The largest absolute Gasteiger partial charge is 0.490 e. The van der Waals surface area contributed by atoms with Crippen LogP contribution in [0.15, 0.2) is 64.2 Å². The Morgan fingerprint density at radius 3 is 2.11 bits per heavy atom. The third kappa shape index (κ3) is 5.82. The summed E-state index contributed by atoms with van der Waals surface area (Å²) in [4.78, 5) is 16.6. The van der Waals surface area contributed by atoms with E-state index in [0.29, 0.717) is 24.1 Å². The summed E-state index contributed by atoms with van der Waals surface area (Å²) in [5.41, 5.74) is 2.37. The maximum Gasteiger partial charge on any atom is 0.283 e. The molecule has 0 aromatic heterocycles. The quantitative estimate of drug-likeness (QED) is 0.396. The number of nitrogens with one attached hydrogen (secondary N) is 1. The molecule has 35 heavy (non-hydrogen) atoms. The van der Waals surface area contributed by atoms with Gasteiger partial charge < -0.3 is 9.47 Å². The van der Waals surface area contributed by atoms with E-state index in [9.17, 15) is 4.79 Å². The first-order valence-electron chi connectivity index (χ1n) is 11.6. The number of carbonyl (C=O) groups is 1. The summed E-state index contributed by atoms with van der Waals surface area (Å²) in [5.74, 6) is 1.33. The lowest BCUT2D eigenvalue weighted by Gasteiger charge is -2.20. The second kappa shape index (κ2) is 10.1. The Bertz CT molecular complexity index is 1210. The van der Waals surface area contributed by atoms with E-state index in [2.05, 4.69) is 43.0 Å². The number of aliphatic imine (C=N–C) groups is 1. The number of nitrogens with zero attached hydrogens (tertiary/aromatic N) is 3. The lowest BCUT2D eigenvalue weighted by atomic mass is 9.87. The zero-order valence-corrected chi connectivity index (χ0v) is 21.5. The number of fused-ring (bicyclic) bond motifs is 1.